The Bertz CT molecular complexity index is 528. The molecule has 1 amide bonds. The smallest absolute Gasteiger partial charge is 0.338 e. The van der Waals surface area contributed by atoms with E-state index in [1.165, 1.54) is 0 Å². The van der Waals surface area contributed by atoms with Gasteiger partial charge in [-0.3, -0.25) is 4.79 Å². The molecule has 1 saturated carbocycles. The molecule has 4 nitrogen and oxygen atoms in total. The Morgan fingerprint density at radius 1 is 1.33 bits per heavy atom. The van der Waals surface area contributed by atoms with Crippen molar-refractivity contribution in [3.05, 3.63) is 29.8 Å². The molecule has 0 heterocycles. The van der Waals surface area contributed by atoms with E-state index in [9.17, 15) is 9.59 Å². The summed E-state index contributed by atoms with van der Waals surface area (Å²) >= 11 is 11.7. The lowest BCUT2D eigenvalue weighted by atomic mass is 10.2. The van der Waals surface area contributed by atoms with Crippen molar-refractivity contribution in [3.63, 3.8) is 0 Å². The molecule has 1 aliphatic carbocycles. The molecule has 2 rings (SSSR count). The number of carbonyl (C=O) groups is 2. The van der Waals surface area contributed by atoms with Gasteiger partial charge in [0.15, 0.2) is 0 Å². The fraction of sp³-hybridized carbons (Fsp3) is 0.467. The molecule has 1 atom stereocenters. The lowest BCUT2D eigenvalue weighted by Crippen LogP contribution is -2.16. The second-order valence-corrected chi connectivity index (χ2v) is 6.62. The second kappa shape index (κ2) is 6.67. The van der Waals surface area contributed by atoms with Crippen LogP contribution in [-0.4, -0.2) is 22.8 Å². The summed E-state index contributed by atoms with van der Waals surface area (Å²) in [6.07, 6.45) is 2.28. The predicted molar refractivity (Wildman–Crippen MR) is 82.8 cm³/mol. The first-order valence-corrected chi connectivity index (χ1v) is 7.65. The number of amides is 1. The number of unbranched alkanes of at least 4 members (excludes halogenated alkanes) is 1. The number of anilines is 1. The molecule has 1 aliphatic rings. The van der Waals surface area contributed by atoms with Gasteiger partial charge in [-0.2, -0.15) is 0 Å². The standard InChI is InChI=1S/C15H17Cl2NO3/c1-2-3-8-21-14(20)10-4-6-11(7-5-10)18-13(19)12-9-15(12,16)17/h4-7,12H,2-3,8-9H2,1H3,(H,18,19)/t12-/m1/s1. The largest absolute Gasteiger partial charge is 0.462 e. The van der Waals surface area contributed by atoms with Crippen LogP contribution in [-0.2, 0) is 9.53 Å². The molecule has 0 bridgehead atoms. The van der Waals surface area contributed by atoms with E-state index < -0.39 is 4.33 Å². The Hall–Kier alpha value is -1.26. The molecule has 0 saturated heterocycles. The number of benzene rings is 1. The van der Waals surface area contributed by atoms with E-state index >= 15 is 0 Å². The summed E-state index contributed by atoms with van der Waals surface area (Å²) in [6, 6.07) is 6.54. The van der Waals surface area contributed by atoms with Crippen molar-refractivity contribution >= 4 is 40.8 Å². The van der Waals surface area contributed by atoms with Gasteiger partial charge in [-0.1, -0.05) is 13.3 Å². The minimum Gasteiger partial charge on any atom is -0.462 e. The van der Waals surface area contributed by atoms with Gasteiger partial charge >= 0.3 is 5.97 Å². The van der Waals surface area contributed by atoms with Crippen LogP contribution in [0.25, 0.3) is 0 Å². The van der Waals surface area contributed by atoms with E-state index in [2.05, 4.69) is 5.32 Å². The first-order chi connectivity index (χ1) is 9.94. The molecule has 1 fully saturated rings. The third kappa shape index (κ3) is 4.35. The second-order valence-electron chi connectivity index (χ2n) is 5.07. The van der Waals surface area contributed by atoms with E-state index in [1.54, 1.807) is 24.3 Å². The Morgan fingerprint density at radius 3 is 2.48 bits per heavy atom. The number of nitrogens with one attached hydrogen (secondary N) is 1. The van der Waals surface area contributed by atoms with Crippen molar-refractivity contribution in [3.8, 4) is 0 Å². The maximum atomic E-state index is 11.8. The van der Waals surface area contributed by atoms with Crippen molar-refractivity contribution in [1.29, 1.82) is 0 Å². The van der Waals surface area contributed by atoms with E-state index in [4.69, 9.17) is 27.9 Å². The van der Waals surface area contributed by atoms with Crippen molar-refractivity contribution in [2.24, 2.45) is 5.92 Å². The normalized spacial score (nSPS) is 18.9. The number of hydrogen-bond acceptors (Lipinski definition) is 3. The topological polar surface area (TPSA) is 55.4 Å². The quantitative estimate of drug-likeness (QED) is 0.491. The van der Waals surface area contributed by atoms with Crippen LogP contribution in [0.15, 0.2) is 24.3 Å². The lowest BCUT2D eigenvalue weighted by Gasteiger charge is -2.07. The van der Waals surface area contributed by atoms with Gasteiger partial charge in [-0.05, 0) is 37.1 Å². The highest BCUT2D eigenvalue weighted by Crippen LogP contribution is 2.53. The third-order valence-electron chi connectivity index (χ3n) is 3.26. The molecule has 1 aromatic carbocycles. The molecule has 0 aromatic heterocycles. The fourth-order valence-corrected chi connectivity index (χ4v) is 2.32. The minimum atomic E-state index is -0.937. The highest BCUT2D eigenvalue weighted by Gasteiger charge is 2.56. The first-order valence-electron chi connectivity index (χ1n) is 6.90. The van der Waals surface area contributed by atoms with Crippen molar-refractivity contribution in [2.45, 2.75) is 30.5 Å². The highest BCUT2D eigenvalue weighted by atomic mass is 35.5. The summed E-state index contributed by atoms with van der Waals surface area (Å²) in [7, 11) is 0. The average Bonchev–Trinajstić information content (AvgIpc) is 3.09. The number of alkyl halides is 2. The molecule has 114 valence electrons. The van der Waals surface area contributed by atoms with Gasteiger partial charge in [0.1, 0.15) is 4.33 Å². The van der Waals surface area contributed by atoms with E-state index in [0.717, 1.165) is 12.8 Å². The summed E-state index contributed by atoms with van der Waals surface area (Å²) < 4.78 is 4.17. The first kappa shape index (κ1) is 16.1. The van der Waals surface area contributed by atoms with Crippen LogP contribution >= 0.6 is 23.2 Å². The Kier molecular flexibility index (Phi) is 5.12. The minimum absolute atomic E-state index is 0.210. The van der Waals surface area contributed by atoms with Gasteiger partial charge in [0.25, 0.3) is 0 Å². The zero-order chi connectivity index (χ0) is 15.5. The summed E-state index contributed by atoms with van der Waals surface area (Å²) in [5.74, 6) is -0.943. The van der Waals surface area contributed by atoms with Crippen LogP contribution in [0, 0.1) is 5.92 Å². The Balaban J connectivity index is 1.87. The Morgan fingerprint density at radius 2 is 1.95 bits per heavy atom. The highest BCUT2D eigenvalue weighted by molar-refractivity contribution is 6.52. The number of rotatable bonds is 6. The van der Waals surface area contributed by atoms with E-state index in [1.807, 2.05) is 6.92 Å². The molecular weight excluding hydrogens is 313 g/mol. The van der Waals surface area contributed by atoms with Gasteiger partial charge in [-0.15, -0.1) is 23.2 Å². The van der Waals surface area contributed by atoms with Crippen LogP contribution in [0.2, 0.25) is 0 Å². The summed E-state index contributed by atoms with van der Waals surface area (Å²) in [5, 5.41) is 2.72. The molecule has 6 heteroatoms. The number of carbonyl (C=O) groups excluding carboxylic acids is 2. The van der Waals surface area contributed by atoms with Gasteiger partial charge in [0, 0.05) is 5.69 Å². The van der Waals surface area contributed by atoms with Crippen molar-refractivity contribution < 1.29 is 14.3 Å². The predicted octanol–water partition coefficient (Wildman–Crippen LogP) is 3.78. The van der Waals surface area contributed by atoms with Gasteiger partial charge in [0.05, 0.1) is 18.1 Å². The SMILES string of the molecule is CCCCOC(=O)c1ccc(NC(=O)[C@H]2CC2(Cl)Cl)cc1. The molecule has 1 N–H and O–H groups in total. The van der Waals surface area contributed by atoms with Crippen molar-refractivity contribution in [2.75, 3.05) is 11.9 Å². The van der Waals surface area contributed by atoms with Crippen LogP contribution in [0.1, 0.15) is 36.5 Å². The molecule has 0 radical (unpaired) electrons. The molecular formula is C15H17Cl2NO3. The molecule has 0 spiro atoms. The zero-order valence-electron chi connectivity index (χ0n) is 11.7. The third-order valence-corrected chi connectivity index (χ3v) is 4.10. The van der Waals surface area contributed by atoms with Crippen molar-refractivity contribution in [1.82, 2.24) is 0 Å². The number of ether oxygens (including phenoxy) is 1. The maximum Gasteiger partial charge on any atom is 0.338 e. The van der Waals surface area contributed by atoms with Crippen LogP contribution in [0.3, 0.4) is 0 Å². The fourth-order valence-electron chi connectivity index (χ4n) is 1.81. The number of esters is 1. The van der Waals surface area contributed by atoms with E-state index in [-0.39, 0.29) is 17.8 Å². The molecule has 0 unspecified atom stereocenters. The summed E-state index contributed by atoms with van der Waals surface area (Å²) in [4.78, 5) is 23.5. The summed E-state index contributed by atoms with van der Waals surface area (Å²) in [6.45, 7) is 2.45. The Labute approximate surface area is 133 Å². The number of hydrogen-bond donors (Lipinski definition) is 1. The molecule has 21 heavy (non-hydrogen) atoms. The lowest BCUT2D eigenvalue weighted by molar-refractivity contribution is -0.117. The van der Waals surface area contributed by atoms with E-state index in [0.29, 0.717) is 24.3 Å². The monoisotopic (exact) mass is 329 g/mol. The van der Waals surface area contributed by atoms with Crippen LogP contribution in [0.4, 0.5) is 5.69 Å². The zero-order valence-corrected chi connectivity index (χ0v) is 13.2. The van der Waals surface area contributed by atoms with Gasteiger partial charge in [0.2, 0.25) is 5.91 Å². The molecule has 0 aliphatic heterocycles. The summed E-state index contributed by atoms with van der Waals surface area (Å²) in [5.41, 5.74) is 1.06. The number of halogens is 2. The van der Waals surface area contributed by atoms with Gasteiger partial charge in [-0.25, -0.2) is 4.79 Å². The van der Waals surface area contributed by atoms with Gasteiger partial charge < -0.3 is 10.1 Å². The molecule has 1 aromatic rings. The maximum absolute atomic E-state index is 11.8. The van der Waals surface area contributed by atoms with Crippen LogP contribution in [0.5, 0.6) is 0 Å². The van der Waals surface area contributed by atoms with Crippen LogP contribution < -0.4 is 5.32 Å². The average molecular weight is 330 g/mol.